The molecule has 0 fully saturated rings. The lowest BCUT2D eigenvalue weighted by Crippen LogP contribution is -2.13. The van der Waals surface area contributed by atoms with E-state index in [2.05, 4.69) is 28.6 Å². The van der Waals surface area contributed by atoms with Gasteiger partial charge in [0, 0.05) is 23.5 Å². The predicted molar refractivity (Wildman–Crippen MR) is 72.4 cm³/mol. The van der Waals surface area contributed by atoms with Crippen molar-refractivity contribution in [3.05, 3.63) is 51.0 Å². The Kier molecular flexibility index (Phi) is 3.16. The molecule has 1 aliphatic rings. The Morgan fingerprint density at radius 3 is 3.00 bits per heavy atom. The lowest BCUT2D eigenvalue weighted by molar-refractivity contribution is 0.134. The minimum atomic E-state index is 0.0152. The van der Waals surface area contributed by atoms with Gasteiger partial charge in [0.25, 0.3) is 0 Å². The first-order valence-corrected chi connectivity index (χ1v) is 6.96. The molecular weight excluding hydrogens is 244 g/mol. The molecule has 0 amide bonds. The van der Waals surface area contributed by atoms with Crippen LogP contribution in [0.5, 0.6) is 0 Å². The maximum atomic E-state index is 6.26. The van der Waals surface area contributed by atoms with E-state index in [-0.39, 0.29) is 6.04 Å². The van der Waals surface area contributed by atoms with Crippen LogP contribution in [0.1, 0.15) is 33.4 Å². The van der Waals surface area contributed by atoms with Crippen molar-refractivity contribution in [1.29, 1.82) is 0 Å². The first kappa shape index (κ1) is 11.8. The summed E-state index contributed by atoms with van der Waals surface area (Å²) < 4.78 is 5.42. The second-order valence-electron chi connectivity index (χ2n) is 4.71. The van der Waals surface area contributed by atoms with Crippen molar-refractivity contribution >= 4 is 11.3 Å². The minimum absolute atomic E-state index is 0.0152. The van der Waals surface area contributed by atoms with Gasteiger partial charge in [0.15, 0.2) is 0 Å². The average Bonchev–Trinajstić information content (AvgIpc) is 2.96. The molecule has 1 aromatic carbocycles. The Morgan fingerprint density at radius 1 is 1.39 bits per heavy atom. The molecule has 3 rings (SSSR count). The number of nitrogens with zero attached hydrogens (tertiary/aromatic N) is 1. The third-order valence-electron chi connectivity index (χ3n) is 3.23. The van der Waals surface area contributed by atoms with Crippen molar-refractivity contribution in [3.8, 4) is 0 Å². The summed E-state index contributed by atoms with van der Waals surface area (Å²) in [5.74, 6) is 0. The van der Waals surface area contributed by atoms with Gasteiger partial charge in [-0.2, -0.15) is 0 Å². The number of aryl methyl sites for hydroxylation is 1. The second-order valence-corrected chi connectivity index (χ2v) is 5.66. The van der Waals surface area contributed by atoms with E-state index in [1.54, 1.807) is 11.3 Å². The average molecular weight is 260 g/mol. The van der Waals surface area contributed by atoms with Gasteiger partial charge in [-0.05, 0) is 23.6 Å². The highest BCUT2D eigenvalue weighted by Gasteiger charge is 2.15. The van der Waals surface area contributed by atoms with Crippen molar-refractivity contribution in [1.82, 2.24) is 4.98 Å². The highest BCUT2D eigenvalue weighted by Crippen LogP contribution is 2.25. The molecule has 18 heavy (non-hydrogen) atoms. The number of hydrogen-bond donors (Lipinski definition) is 1. The van der Waals surface area contributed by atoms with Crippen LogP contribution in [0.25, 0.3) is 0 Å². The zero-order valence-corrected chi connectivity index (χ0v) is 11.2. The van der Waals surface area contributed by atoms with Gasteiger partial charge in [-0.1, -0.05) is 18.2 Å². The Balaban J connectivity index is 1.78. The lowest BCUT2D eigenvalue weighted by Gasteiger charge is -2.11. The van der Waals surface area contributed by atoms with E-state index in [9.17, 15) is 0 Å². The van der Waals surface area contributed by atoms with Gasteiger partial charge in [-0.25, -0.2) is 4.98 Å². The third-order valence-corrected chi connectivity index (χ3v) is 4.22. The molecular formula is C14H16N2OS. The van der Waals surface area contributed by atoms with Crippen molar-refractivity contribution < 1.29 is 4.74 Å². The molecule has 0 saturated heterocycles. The molecule has 4 heteroatoms. The zero-order valence-electron chi connectivity index (χ0n) is 10.3. The molecule has 2 aromatic rings. The van der Waals surface area contributed by atoms with Gasteiger partial charge in [-0.15, -0.1) is 11.3 Å². The Labute approximate surface area is 111 Å². The van der Waals surface area contributed by atoms with Gasteiger partial charge >= 0.3 is 0 Å². The largest absolute Gasteiger partial charge is 0.372 e. The number of ether oxygens (including phenoxy) is 1. The van der Waals surface area contributed by atoms with Crippen LogP contribution in [0.2, 0.25) is 0 Å². The van der Waals surface area contributed by atoms with Gasteiger partial charge in [0.2, 0.25) is 0 Å². The quantitative estimate of drug-likeness (QED) is 0.923. The van der Waals surface area contributed by atoms with Crippen LogP contribution in [-0.4, -0.2) is 4.98 Å². The van der Waals surface area contributed by atoms with Crippen molar-refractivity contribution in [2.75, 3.05) is 0 Å². The SMILES string of the molecule is Cc1csc(CC(N)c2ccc3c(c2)COC3)n1. The van der Waals surface area contributed by atoms with E-state index in [0.29, 0.717) is 6.61 Å². The van der Waals surface area contributed by atoms with E-state index >= 15 is 0 Å². The van der Waals surface area contributed by atoms with Crippen LogP contribution in [-0.2, 0) is 24.4 Å². The topological polar surface area (TPSA) is 48.1 Å². The fourth-order valence-electron chi connectivity index (χ4n) is 2.23. The number of hydrogen-bond acceptors (Lipinski definition) is 4. The van der Waals surface area contributed by atoms with Crippen LogP contribution < -0.4 is 5.73 Å². The number of rotatable bonds is 3. The predicted octanol–water partition coefficient (Wildman–Crippen LogP) is 2.72. The first-order chi connectivity index (χ1) is 8.72. The molecule has 94 valence electrons. The van der Waals surface area contributed by atoms with Crippen LogP contribution in [0.3, 0.4) is 0 Å². The molecule has 0 aliphatic carbocycles. The van der Waals surface area contributed by atoms with Crippen molar-refractivity contribution in [3.63, 3.8) is 0 Å². The Morgan fingerprint density at radius 2 is 2.22 bits per heavy atom. The summed E-state index contributed by atoms with van der Waals surface area (Å²) in [5.41, 5.74) is 11.1. The molecule has 1 aliphatic heterocycles. The smallest absolute Gasteiger partial charge is 0.0947 e. The summed E-state index contributed by atoms with van der Waals surface area (Å²) >= 11 is 1.68. The summed E-state index contributed by atoms with van der Waals surface area (Å²) in [5, 5.41) is 3.18. The zero-order chi connectivity index (χ0) is 12.5. The van der Waals surface area contributed by atoms with Gasteiger partial charge in [-0.3, -0.25) is 0 Å². The summed E-state index contributed by atoms with van der Waals surface area (Å²) in [6.07, 6.45) is 0.804. The standard InChI is InChI=1S/C14H16N2OS/c1-9-8-18-14(16-9)5-13(15)10-2-3-11-6-17-7-12(11)4-10/h2-4,8,13H,5-7,15H2,1H3. The summed E-state index contributed by atoms with van der Waals surface area (Å²) in [6, 6.07) is 6.43. The molecule has 1 unspecified atom stereocenters. The number of benzene rings is 1. The maximum Gasteiger partial charge on any atom is 0.0947 e. The normalized spacial score (nSPS) is 15.7. The first-order valence-electron chi connectivity index (χ1n) is 6.08. The molecule has 1 atom stereocenters. The molecule has 0 spiro atoms. The fraction of sp³-hybridized carbons (Fsp3) is 0.357. The highest BCUT2D eigenvalue weighted by atomic mass is 32.1. The molecule has 2 N–H and O–H groups in total. The van der Waals surface area contributed by atoms with E-state index in [4.69, 9.17) is 10.5 Å². The Bertz CT molecular complexity index is 565. The van der Waals surface area contributed by atoms with E-state index in [1.807, 2.05) is 6.92 Å². The van der Waals surface area contributed by atoms with Gasteiger partial charge in [0.1, 0.15) is 0 Å². The number of fused-ring (bicyclic) bond motifs is 1. The minimum Gasteiger partial charge on any atom is -0.372 e. The van der Waals surface area contributed by atoms with Gasteiger partial charge in [0.05, 0.1) is 18.2 Å². The van der Waals surface area contributed by atoms with Crippen molar-refractivity contribution in [2.24, 2.45) is 5.73 Å². The fourth-order valence-corrected chi connectivity index (χ4v) is 3.06. The van der Waals surface area contributed by atoms with Crippen LogP contribution in [0.4, 0.5) is 0 Å². The van der Waals surface area contributed by atoms with E-state index < -0.39 is 0 Å². The maximum absolute atomic E-state index is 6.26. The molecule has 3 nitrogen and oxygen atoms in total. The summed E-state index contributed by atoms with van der Waals surface area (Å²) in [6.45, 7) is 3.46. The van der Waals surface area contributed by atoms with Crippen LogP contribution >= 0.6 is 11.3 Å². The Hall–Kier alpha value is -1.23. The van der Waals surface area contributed by atoms with E-state index in [1.165, 1.54) is 16.7 Å². The second kappa shape index (κ2) is 4.80. The highest BCUT2D eigenvalue weighted by molar-refractivity contribution is 7.09. The van der Waals surface area contributed by atoms with Crippen molar-refractivity contribution in [2.45, 2.75) is 32.6 Å². The number of thiazole rings is 1. The third kappa shape index (κ3) is 2.32. The monoisotopic (exact) mass is 260 g/mol. The number of aromatic nitrogens is 1. The van der Waals surface area contributed by atoms with Crippen LogP contribution in [0, 0.1) is 6.92 Å². The molecule has 0 radical (unpaired) electrons. The summed E-state index contributed by atoms with van der Waals surface area (Å²) in [7, 11) is 0. The molecule has 0 saturated carbocycles. The lowest BCUT2D eigenvalue weighted by atomic mass is 10.00. The summed E-state index contributed by atoms with van der Waals surface area (Å²) in [4.78, 5) is 4.46. The molecule has 0 bridgehead atoms. The van der Waals surface area contributed by atoms with Gasteiger partial charge < -0.3 is 10.5 Å². The molecule has 1 aromatic heterocycles. The van der Waals surface area contributed by atoms with Crippen LogP contribution in [0.15, 0.2) is 23.6 Å². The molecule has 2 heterocycles. The number of nitrogens with two attached hydrogens (primary N) is 1. The van der Waals surface area contributed by atoms with E-state index in [0.717, 1.165) is 23.7 Å².